The first-order valence-electron chi connectivity index (χ1n) is 11.9. The normalized spacial score (nSPS) is 25.3. The molecule has 0 radical (unpaired) electrons. The minimum atomic E-state index is -1.21. The number of nitrogens with zero attached hydrogens (tertiary/aromatic N) is 1. The van der Waals surface area contributed by atoms with Crippen molar-refractivity contribution in [3.63, 3.8) is 0 Å². The Morgan fingerprint density at radius 3 is 2.37 bits per heavy atom. The SMILES string of the molecule is CCOC(=O)C(C1CC1)N1C(=O)[C@@](C)(CC(=O)O)C[C@H](c2cccc(Cl)c2)C1c1ccc(Cl)cc1. The van der Waals surface area contributed by atoms with Gasteiger partial charge in [-0.3, -0.25) is 9.59 Å². The fourth-order valence-corrected chi connectivity index (χ4v) is 5.68. The van der Waals surface area contributed by atoms with E-state index in [9.17, 15) is 19.5 Å². The van der Waals surface area contributed by atoms with Gasteiger partial charge in [-0.1, -0.05) is 54.4 Å². The van der Waals surface area contributed by atoms with E-state index in [4.69, 9.17) is 27.9 Å². The lowest BCUT2D eigenvalue weighted by Gasteiger charge is -2.51. The number of carboxylic acid groups (broad SMARTS) is 1. The number of halogens is 2. The minimum Gasteiger partial charge on any atom is -0.481 e. The van der Waals surface area contributed by atoms with E-state index >= 15 is 0 Å². The number of amides is 1. The van der Waals surface area contributed by atoms with Crippen LogP contribution < -0.4 is 0 Å². The zero-order valence-corrected chi connectivity index (χ0v) is 21.3. The average molecular weight is 518 g/mol. The third-order valence-corrected chi connectivity index (χ3v) is 7.52. The first-order valence-corrected chi connectivity index (χ1v) is 12.6. The molecule has 0 spiro atoms. The number of carboxylic acids is 1. The number of ether oxygens (including phenoxy) is 1. The van der Waals surface area contributed by atoms with Gasteiger partial charge in [0, 0.05) is 16.0 Å². The van der Waals surface area contributed by atoms with E-state index in [0.29, 0.717) is 16.5 Å². The Morgan fingerprint density at radius 2 is 1.80 bits per heavy atom. The number of carbonyl (C=O) groups is 3. The summed E-state index contributed by atoms with van der Waals surface area (Å²) in [6, 6.07) is 13.3. The zero-order chi connectivity index (χ0) is 25.3. The molecule has 186 valence electrons. The molecule has 0 aromatic heterocycles. The third kappa shape index (κ3) is 5.34. The number of esters is 1. The summed E-state index contributed by atoms with van der Waals surface area (Å²) < 4.78 is 5.43. The Kier molecular flexibility index (Phi) is 7.43. The highest BCUT2D eigenvalue weighted by Crippen LogP contribution is 2.54. The van der Waals surface area contributed by atoms with Crippen LogP contribution in [0.2, 0.25) is 10.0 Å². The molecule has 2 fully saturated rings. The lowest BCUT2D eigenvalue weighted by atomic mass is 9.67. The van der Waals surface area contributed by atoms with E-state index in [1.165, 1.54) is 0 Å². The van der Waals surface area contributed by atoms with Crippen LogP contribution in [0.5, 0.6) is 0 Å². The maximum absolute atomic E-state index is 14.2. The molecule has 4 rings (SSSR count). The molecule has 6 nitrogen and oxygen atoms in total. The quantitative estimate of drug-likeness (QED) is 0.442. The lowest BCUT2D eigenvalue weighted by molar-refractivity contribution is -0.170. The fraction of sp³-hybridized carbons (Fsp3) is 0.444. The zero-order valence-electron chi connectivity index (χ0n) is 19.7. The van der Waals surface area contributed by atoms with Crippen LogP contribution in [-0.2, 0) is 19.1 Å². The summed E-state index contributed by atoms with van der Waals surface area (Å²) in [5.74, 6) is -2.18. The molecule has 4 atom stereocenters. The maximum atomic E-state index is 14.2. The van der Waals surface area contributed by atoms with Crippen molar-refractivity contribution in [1.82, 2.24) is 4.90 Å². The molecule has 1 heterocycles. The Morgan fingerprint density at radius 1 is 1.11 bits per heavy atom. The van der Waals surface area contributed by atoms with Crippen LogP contribution in [0.1, 0.15) is 62.6 Å². The second-order valence-electron chi connectivity index (χ2n) is 9.74. The number of aliphatic carboxylic acids is 1. The van der Waals surface area contributed by atoms with Crippen LogP contribution in [0, 0.1) is 11.3 Å². The molecule has 1 saturated heterocycles. The van der Waals surface area contributed by atoms with Crippen LogP contribution in [-0.4, -0.2) is 40.5 Å². The number of hydrogen-bond donors (Lipinski definition) is 1. The summed E-state index contributed by atoms with van der Waals surface area (Å²) >= 11 is 12.5. The Hall–Kier alpha value is -2.57. The second-order valence-corrected chi connectivity index (χ2v) is 10.6. The van der Waals surface area contributed by atoms with Gasteiger partial charge in [0.05, 0.1) is 24.5 Å². The van der Waals surface area contributed by atoms with Gasteiger partial charge in [-0.15, -0.1) is 0 Å². The van der Waals surface area contributed by atoms with Gasteiger partial charge in [0.15, 0.2) is 0 Å². The first kappa shape index (κ1) is 25.5. The molecule has 2 aliphatic rings. The van der Waals surface area contributed by atoms with Gasteiger partial charge in [0.2, 0.25) is 5.91 Å². The summed E-state index contributed by atoms with van der Waals surface area (Å²) in [4.78, 5) is 40.9. The molecule has 0 bridgehead atoms. The van der Waals surface area contributed by atoms with Gasteiger partial charge >= 0.3 is 11.9 Å². The highest BCUT2D eigenvalue weighted by atomic mass is 35.5. The molecule has 35 heavy (non-hydrogen) atoms. The van der Waals surface area contributed by atoms with Gasteiger partial charge in [-0.25, -0.2) is 4.79 Å². The van der Waals surface area contributed by atoms with Gasteiger partial charge in [0.25, 0.3) is 0 Å². The highest BCUT2D eigenvalue weighted by molar-refractivity contribution is 6.30. The summed E-state index contributed by atoms with van der Waals surface area (Å²) in [5.41, 5.74) is 0.492. The molecule has 1 amide bonds. The molecule has 2 aromatic rings. The van der Waals surface area contributed by atoms with Crippen LogP contribution in [0.25, 0.3) is 0 Å². The summed E-state index contributed by atoms with van der Waals surface area (Å²) in [7, 11) is 0. The number of benzene rings is 2. The number of rotatable bonds is 8. The standard InChI is InChI=1S/C27H29Cl2NO5/c1-3-35-25(33)24(17-7-8-17)30-23(16-9-11-19(28)12-10-16)21(18-5-4-6-20(29)13-18)14-27(2,26(30)34)15-22(31)32/h4-6,9-13,17,21,23-24H,3,7-8,14-15H2,1-2H3,(H,31,32)/t21-,23?,24?,27-/m1/s1. The van der Waals surface area contributed by atoms with E-state index in [-0.39, 0.29) is 30.8 Å². The summed E-state index contributed by atoms with van der Waals surface area (Å²) in [5, 5.41) is 10.8. The van der Waals surface area contributed by atoms with Gasteiger partial charge in [-0.05, 0) is 67.5 Å². The number of hydrogen-bond acceptors (Lipinski definition) is 4. The van der Waals surface area contributed by atoms with Gasteiger partial charge < -0.3 is 14.7 Å². The third-order valence-electron chi connectivity index (χ3n) is 7.03. The smallest absolute Gasteiger partial charge is 0.329 e. The second kappa shape index (κ2) is 10.2. The molecule has 2 aromatic carbocycles. The largest absolute Gasteiger partial charge is 0.481 e. The van der Waals surface area contributed by atoms with Crippen molar-refractivity contribution in [3.8, 4) is 0 Å². The van der Waals surface area contributed by atoms with Crippen LogP contribution in [0.3, 0.4) is 0 Å². The predicted molar refractivity (Wildman–Crippen MR) is 133 cm³/mol. The van der Waals surface area contributed by atoms with Gasteiger partial charge in [0.1, 0.15) is 6.04 Å². The maximum Gasteiger partial charge on any atom is 0.329 e. The van der Waals surface area contributed by atoms with Crippen molar-refractivity contribution >= 4 is 41.0 Å². The number of likely N-dealkylation sites (tertiary alicyclic amines) is 1. The molecule has 1 aliphatic carbocycles. The van der Waals surface area contributed by atoms with Crippen molar-refractivity contribution in [2.24, 2.45) is 11.3 Å². The van der Waals surface area contributed by atoms with E-state index in [0.717, 1.165) is 24.0 Å². The first-order chi connectivity index (χ1) is 16.6. The molecule has 8 heteroatoms. The van der Waals surface area contributed by atoms with E-state index in [1.54, 1.807) is 36.9 Å². The fourth-order valence-electron chi connectivity index (χ4n) is 5.36. The predicted octanol–water partition coefficient (Wildman–Crippen LogP) is 5.87. The van der Waals surface area contributed by atoms with Crippen molar-refractivity contribution in [3.05, 3.63) is 69.7 Å². The average Bonchev–Trinajstić information content (AvgIpc) is 3.62. The van der Waals surface area contributed by atoms with Crippen molar-refractivity contribution < 1.29 is 24.2 Å². The molecule has 2 unspecified atom stereocenters. The van der Waals surface area contributed by atoms with Gasteiger partial charge in [-0.2, -0.15) is 0 Å². The Balaban J connectivity index is 1.92. The van der Waals surface area contributed by atoms with Crippen molar-refractivity contribution in [2.45, 2.75) is 57.5 Å². The van der Waals surface area contributed by atoms with Crippen LogP contribution in [0.15, 0.2) is 48.5 Å². The Labute approximate surface area is 215 Å². The van der Waals surface area contributed by atoms with Crippen LogP contribution in [0.4, 0.5) is 0 Å². The molecular formula is C27H29Cl2NO5. The number of carbonyl (C=O) groups excluding carboxylic acids is 2. The molecule has 1 N–H and O–H groups in total. The van der Waals surface area contributed by atoms with Crippen molar-refractivity contribution in [1.29, 1.82) is 0 Å². The van der Waals surface area contributed by atoms with Crippen molar-refractivity contribution in [2.75, 3.05) is 6.61 Å². The highest BCUT2D eigenvalue weighted by Gasteiger charge is 2.56. The van der Waals surface area contributed by atoms with Crippen LogP contribution >= 0.6 is 23.2 Å². The Bertz CT molecular complexity index is 1120. The minimum absolute atomic E-state index is 0.0278. The molecule has 1 aliphatic heterocycles. The lowest BCUT2D eigenvalue weighted by Crippen LogP contribution is -2.59. The number of piperidine rings is 1. The summed E-state index contributed by atoms with van der Waals surface area (Å²) in [6.07, 6.45) is 1.56. The molecule has 1 saturated carbocycles. The topological polar surface area (TPSA) is 83.9 Å². The van der Waals surface area contributed by atoms with E-state index in [1.807, 2.05) is 30.3 Å². The van der Waals surface area contributed by atoms with E-state index in [2.05, 4.69) is 0 Å². The summed E-state index contributed by atoms with van der Waals surface area (Å²) in [6.45, 7) is 3.61. The molecular weight excluding hydrogens is 489 g/mol. The monoisotopic (exact) mass is 517 g/mol. The van der Waals surface area contributed by atoms with E-state index < -0.39 is 29.4 Å².